The number of hydrogen-bond donors (Lipinski definition) is 0. The maximum Gasteiger partial charge on any atom is 0.259 e. The van der Waals surface area contributed by atoms with Gasteiger partial charge in [0.15, 0.2) is 0 Å². The van der Waals surface area contributed by atoms with Gasteiger partial charge in [0.1, 0.15) is 18.3 Å². The summed E-state index contributed by atoms with van der Waals surface area (Å²) < 4.78 is 7.34. The number of fused-ring (bicyclic) bond motifs is 1. The smallest absolute Gasteiger partial charge is 0.259 e. The largest absolute Gasteiger partial charge is 0.335 e. The van der Waals surface area contributed by atoms with Crippen LogP contribution in [0.2, 0.25) is 0 Å². The molecular formula is C27H24N6O2. The molecule has 2 aromatic carbocycles. The summed E-state index contributed by atoms with van der Waals surface area (Å²) >= 11 is 0. The van der Waals surface area contributed by atoms with Gasteiger partial charge in [-0.05, 0) is 43.5 Å². The Morgan fingerprint density at radius 2 is 1.89 bits per heavy atom. The summed E-state index contributed by atoms with van der Waals surface area (Å²) in [6.45, 7) is 2.02. The van der Waals surface area contributed by atoms with Gasteiger partial charge in [-0.1, -0.05) is 47.6 Å². The second-order valence-electron chi connectivity index (χ2n) is 8.97. The molecule has 1 fully saturated rings. The highest BCUT2D eigenvalue weighted by molar-refractivity contribution is 6.09. The van der Waals surface area contributed by atoms with Gasteiger partial charge < -0.3 is 9.42 Å². The van der Waals surface area contributed by atoms with Crippen molar-refractivity contribution in [1.29, 1.82) is 0 Å². The van der Waals surface area contributed by atoms with Crippen LogP contribution in [0.3, 0.4) is 0 Å². The molecule has 35 heavy (non-hydrogen) atoms. The molecule has 8 heteroatoms. The van der Waals surface area contributed by atoms with Crippen molar-refractivity contribution >= 4 is 17.0 Å². The Hall–Kier alpha value is -4.33. The van der Waals surface area contributed by atoms with Gasteiger partial charge in [-0.15, -0.1) is 0 Å². The summed E-state index contributed by atoms with van der Waals surface area (Å²) in [6, 6.07) is 19.5. The maximum atomic E-state index is 13.9. The van der Waals surface area contributed by atoms with E-state index < -0.39 is 0 Å². The maximum absolute atomic E-state index is 13.9. The van der Waals surface area contributed by atoms with Gasteiger partial charge in [-0.25, -0.2) is 14.6 Å². The Bertz CT molecular complexity index is 1490. The van der Waals surface area contributed by atoms with Crippen LogP contribution in [0.5, 0.6) is 0 Å². The van der Waals surface area contributed by atoms with Gasteiger partial charge in [0.05, 0.1) is 22.7 Å². The second kappa shape index (κ2) is 8.47. The van der Waals surface area contributed by atoms with Crippen LogP contribution in [0, 0.1) is 0 Å². The first-order valence-corrected chi connectivity index (χ1v) is 11.7. The molecule has 5 aromatic rings. The van der Waals surface area contributed by atoms with Gasteiger partial charge in [-0.2, -0.15) is 5.10 Å². The predicted molar refractivity (Wildman–Crippen MR) is 131 cm³/mol. The molecule has 3 aromatic heterocycles. The minimum Gasteiger partial charge on any atom is -0.335 e. The number of hydrogen-bond acceptors (Lipinski definition) is 6. The fourth-order valence-corrected chi connectivity index (χ4v) is 4.36. The molecule has 1 amide bonds. The number of carbonyl (C=O) groups is 1. The van der Waals surface area contributed by atoms with Crippen LogP contribution in [-0.4, -0.2) is 42.8 Å². The van der Waals surface area contributed by atoms with E-state index >= 15 is 0 Å². The van der Waals surface area contributed by atoms with Crippen molar-refractivity contribution in [2.24, 2.45) is 0 Å². The molecule has 1 atom stereocenters. The molecule has 0 bridgehead atoms. The quantitative estimate of drug-likeness (QED) is 0.344. The minimum absolute atomic E-state index is 0.0902. The van der Waals surface area contributed by atoms with E-state index in [1.54, 1.807) is 15.9 Å². The molecule has 0 N–H and O–H groups in total. The van der Waals surface area contributed by atoms with Crippen molar-refractivity contribution in [1.82, 2.24) is 29.8 Å². The average molecular weight is 465 g/mol. The zero-order valence-corrected chi connectivity index (χ0v) is 19.5. The summed E-state index contributed by atoms with van der Waals surface area (Å²) in [5.74, 6) is 0.288. The highest BCUT2D eigenvalue weighted by Crippen LogP contribution is 2.41. The average Bonchev–Trinajstić information content (AvgIpc) is 3.44. The van der Waals surface area contributed by atoms with Crippen LogP contribution < -0.4 is 0 Å². The molecule has 6 rings (SSSR count). The number of benzene rings is 2. The summed E-state index contributed by atoms with van der Waals surface area (Å²) in [5, 5.41) is 9.13. The summed E-state index contributed by atoms with van der Waals surface area (Å²) in [6.07, 6.45) is 5.32. The summed E-state index contributed by atoms with van der Waals surface area (Å²) in [5.41, 5.74) is 5.34. The lowest BCUT2D eigenvalue weighted by atomic mass is 10.0. The lowest BCUT2D eigenvalue weighted by Crippen LogP contribution is -2.30. The van der Waals surface area contributed by atoms with E-state index in [1.165, 1.54) is 6.33 Å². The van der Waals surface area contributed by atoms with E-state index in [4.69, 9.17) is 9.51 Å². The lowest BCUT2D eigenvalue weighted by molar-refractivity contribution is 0.0744. The Morgan fingerprint density at radius 1 is 1.11 bits per heavy atom. The molecule has 0 spiro atoms. The van der Waals surface area contributed by atoms with E-state index in [2.05, 4.69) is 15.2 Å². The van der Waals surface area contributed by atoms with Crippen molar-refractivity contribution in [2.75, 3.05) is 7.05 Å². The molecule has 3 heterocycles. The van der Waals surface area contributed by atoms with Crippen LogP contribution in [0.25, 0.3) is 28.0 Å². The zero-order chi connectivity index (χ0) is 23.9. The topological polar surface area (TPSA) is 89.9 Å². The van der Waals surface area contributed by atoms with E-state index in [0.29, 0.717) is 28.3 Å². The molecule has 174 valence electrons. The third-order valence-electron chi connectivity index (χ3n) is 6.70. The van der Waals surface area contributed by atoms with Crippen LogP contribution >= 0.6 is 0 Å². The monoisotopic (exact) mass is 464 g/mol. The van der Waals surface area contributed by atoms with E-state index in [-0.39, 0.29) is 11.9 Å². The van der Waals surface area contributed by atoms with E-state index in [0.717, 1.165) is 35.3 Å². The van der Waals surface area contributed by atoms with Crippen LogP contribution in [0.1, 0.15) is 53.3 Å². The molecule has 0 radical (unpaired) electrons. The standard InChI is InChI=1S/C27H24N6O2/c1-17(18-10-12-21(13-11-18)33-16-28-15-29-33)32(2)27(34)22-14-23(19-8-9-19)30-26-24(22)25(31-35-26)20-6-4-3-5-7-20/h3-7,10-17,19H,8-9H2,1-2H3. The first kappa shape index (κ1) is 21.2. The Kier molecular flexibility index (Phi) is 5.13. The van der Waals surface area contributed by atoms with Gasteiger partial charge >= 0.3 is 0 Å². The minimum atomic E-state index is -0.153. The molecular weight excluding hydrogens is 440 g/mol. The molecule has 0 aliphatic heterocycles. The number of aromatic nitrogens is 5. The summed E-state index contributed by atoms with van der Waals surface area (Å²) in [7, 11) is 1.83. The van der Waals surface area contributed by atoms with Crippen molar-refractivity contribution in [3.05, 3.63) is 90.1 Å². The number of amides is 1. The highest BCUT2D eigenvalue weighted by atomic mass is 16.5. The third kappa shape index (κ3) is 3.86. The first-order chi connectivity index (χ1) is 17.1. The number of pyridine rings is 1. The molecule has 8 nitrogen and oxygen atoms in total. The van der Waals surface area contributed by atoms with Crippen LogP contribution in [0.4, 0.5) is 0 Å². The van der Waals surface area contributed by atoms with Crippen molar-refractivity contribution < 1.29 is 9.32 Å². The van der Waals surface area contributed by atoms with E-state index in [9.17, 15) is 4.79 Å². The zero-order valence-electron chi connectivity index (χ0n) is 19.5. The number of rotatable bonds is 6. The highest BCUT2D eigenvalue weighted by Gasteiger charge is 2.31. The van der Waals surface area contributed by atoms with Gasteiger partial charge in [0, 0.05) is 24.2 Å². The van der Waals surface area contributed by atoms with E-state index in [1.807, 2.05) is 74.6 Å². The molecule has 1 unspecified atom stereocenters. The van der Waals surface area contributed by atoms with Crippen LogP contribution in [-0.2, 0) is 0 Å². The van der Waals surface area contributed by atoms with Crippen LogP contribution in [0.15, 0.2) is 77.8 Å². The Labute approximate surface area is 202 Å². The number of nitrogens with zero attached hydrogens (tertiary/aromatic N) is 6. The third-order valence-corrected chi connectivity index (χ3v) is 6.70. The predicted octanol–water partition coefficient (Wildman–Crippen LogP) is 5.18. The summed E-state index contributed by atoms with van der Waals surface area (Å²) in [4.78, 5) is 24.4. The normalized spacial score (nSPS) is 14.2. The lowest BCUT2D eigenvalue weighted by Gasteiger charge is -2.26. The number of carbonyl (C=O) groups excluding carboxylic acids is 1. The molecule has 1 aliphatic carbocycles. The fourth-order valence-electron chi connectivity index (χ4n) is 4.36. The van der Waals surface area contributed by atoms with Crippen molar-refractivity contribution in [2.45, 2.75) is 31.7 Å². The molecule has 0 saturated heterocycles. The second-order valence-corrected chi connectivity index (χ2v) is 8.97. The van der Waals surface area contributed by atoms with Crippen molar-refractivity contribution in [3.8, 4) is 16.9 Å². The molecule has 1 aliphatic rings. The fraction of sp³-hybridized carbons (Fsp3) is 0.222. The molecule has 1 saturated carbocycles. The Balaban J connectivity index is 1.37. The first-order valence-electron chi connectivity index (χ1n) is 11.7. The van der Waals surface area contributed by atoms with Gasteiger partial charge in [-0.3, -0.25) is 4.79 Å². The van der Waals surface area contributed by atoms with Gasteiger partial charge in [0.25, 0.3) is 11.6 Å². The van der Waals surface area contributed by atoms with Gasteiger partial charge in [0.2, 0.25) is 0 Å². The SMILES string of the molecule is CC(c1ccc(-n2cncn2)cc1)N(C)C(=O)c1cc(C2CC2)nc2onc(-c3ccccc3)c12. The van der Waals surface area contributed by atoms with Crippen molar-refractivity contribution in [3.63, 3.8) is 0 Å². The Morgan fingerprint density at radius 3 is 2.57 bits per heavy atom.